The van der Waals surface area contributed by atoms with Gasteiger partial charge in [0.15, 0.2) is 0 Å². The van der Waals surface area contributed by atoms with Crippen LogP contribution in [0.1, 0.15) is 77.0 Å². The molecule has 0 rings (SSSR count). The summed E-state index contributed by atoms with van der Waals surface area (Å²) in [5.41, 5.74) is 0. The SMILES string of the molecule is O=C(O)CCCCNC(=S)[SH-]CCCCC(=O)O.O=C(O)CCCCNC(=S)[SH-]CCCCC(=O)O.[K+].[K+]. The van der Waals surface area contributed by atoms with Gasteiger partial charge in [0.2, 0.25) is 0 Å². The molecule has 10 nitrogen and oxygen atoms in total. The smallest absolute Gasteiger partial charge is 0.481 e. The normalized spacial score (nSPS) is 9.68. The average molecular weight is 667 g/mol. The standard InChI is InChI=1S/2C11H20NO4S2.2K/c2*13-9(14)5-1-3-7-12-11(17)18-8-4-2-6-10(15)16;;/h2*18H,1-8H2,(H,12,17)(H,13,14)(H,15,16);;/q2*-1;2*+1. The first kappa shape index (κ1) is 46.6. The van der Waals surface area contributed by atoms with Gasteiger partial charge in [0.25, 0.3) is 0 Å². The van der Waals surface area contributed by atoms with Crippen molar-refractivity contribution in [3.8, 4) is 0 Å². The zero-order valence-electron chi connectivity index (χ0n) is 22.4. The first-order chi connectivity index (χ1) is 17.0. The fourth-order valence-corrected chi connectivity index (χ4v) is 4.81. The summed E-state index contributed by atoms with van der Waals surface area (Å²) < 4.78 is 1.50. The van der Waals surface area contributed by atoms with Gasteiger partial charge in [-0.15, -0.1) is 11.5 Å². The summed E-state index contributed by atoms with van der Waals surface area (Å²) in [5, 5.41) is 39.9. The van der Waals surface area contributed by atoms with Crippen LogP contribution in [0.4, 0.5) is 0 Å². The summed E-state index contributed by atoms with van der Waals surface area (Å²) >= 11 is 12.2. The molecule has 0 aliphatic rings. The molecule has 0 bridgehead atoms. The van der Waals surface area contributed by atoms with E-state index in [1.54, 1.807) is 0 Å². The van der Waals surface area contributed by atoms with Gasteiger partial charge < -0.3 is 54.6 Å². The number of hydrogen-bond acceptors (Lipinski definition) is 8. The van der Waals surface area contributed by atoms with Crippen molar-refractivity contribution >= 4 is 80.5 Å². The van der Waals surface area contributed by atoms with E-state index >= 15 is 0 Å². The molecule has 0 aliphatic carbocycles. The molecule has 0 amide bonds. The van der Waals surface area contributed by atoms with Gasteiger partial charge in [-0.3, -0.25) is 19.2 Å². The second kappa shape index (κ2) is 34.8. The summed E-state index contributed by atoms with van der Waals surface area (Å²) in [6.45, 7) is 1.41. The minimum Gasteiger partial charge on any atom is -0.481 e. The molecule has 0 unspecified atom stereocenters. The van der Waals surface area contributed by atoms with Crippen LogP contribution in [0.15, 0.2) is 0 Å². The van der Waals surface area contributed by atoms with Gasteiger partial charge >= 0.3 is 127 Å². The minimum atomic E-state index is -0.769. The van der Waals surface area contributed by atoms with Crippen LogP contribution in [0, 0.1) is 0 Å². The van der Waals surface area contributed by atoms with Crippen molar-refractivity contribution in [1.82, 2.24) is 10.6 Å². The van der Waals surface area contributed by atoms with E-state index in [0.717, 1.165) is 69.4 Å². The fourth-order valence-electron chi connectivity index (χ4n) is 2.44. The topological polar surface area (TPSA) is 173 Å². The molecule has 0 aromatic carbocycles. The zero-order valence-corrected chi connectivity index (χ0v) is 32.1. The molecule has 0 saturated carbocycles. The van der Waals surface area contributed by atoms with Crippen LogP contribution in [-0.4, -0.2) is 77.5 Å². The van der Waals surface area contributed by atoms with Crippen molar-refractivity contribution < 1.29 is 142 Å². The number of carboxylic acid groups (broad SMARTS) is 4. The summed E-state index contributed by atoms with van der Waals surface area (Å²) in [4.78, 5) is 41.0. The van der Waals surface area contributed by atoms with E-state index in [1.807, 2.05) is 0 Å². The van der Waals surface area contributed by atoms with Crippen LogP contribution in [0.5, 0.6) is 0 Å². The summed E-state index contributed by atoms with van der Waals surface area (Å²) in [7, 11) is 0. The first-order valence-electron chi connectivity index (χ1n) is 11.8. The third kappa shape index (κ3) is 44.6. The van der Waals surface area contributed by atoms with Gasteiger partial charge in [0.1, 0.15) is 0 Å². The molecule has 0 radical (unpaired) electrons. The van der Waals surface area contributed by atoms with Gasteiger partial charge in [0.05, 0.1) is 0 Å². The summed E-state index contributed by atoms with van der Waals surface area (Å²) in [6.07, 6.45) is 6.79. The Labute approximate surface area is 329 Å². The molecule has 0 aromatic heterocycles. The molecule has 0 spiro atoms. The quantitative estimate of drug-likeness (QED) is 0.0248. The second-order valence-corrected chi connectivity index (χ2v) is 11.5. The largest absolute Gasteiger partial charge is 1.00 e. The van der Waals surface area contributed by atoms with Crippen molar-refractivity contribution in [3.63, 3.8) is 0 Å². The van der Waals surface area contributed by atoms with Crippen LogP contribution < -0.4 is 113 Å². The van der Waals surface area contributed by atoms with Gasteiger partial charge in [0, 0.05) is 38.8 Å². The third-order valence-electron chi connectivity index (χ3n) is 4.30. The first-order valence-corrected chi connectivity index (χ1v) is 14.8. The number of unbranched alkanes of at least 4 members (excludes halogenated alkanes) is 4. The van der Waals surface area contributed by atoms with E-state index in [9.17, 15) is 19.2 Å². The number of thiocarbonyl (C=S) groups is 2. The fraction of sp³-hybridized carbons (Fsp3) is 0.727. The number of carbonyl (C=O) groups is 4. The average Bonchev–Trinajstić information content (AvgIpc) is 2.77. The third-order valence-corrected chi connectivity index (χ3v) is 7.33. The molecular formula is C22H40K2N2O8S4. The van der Waals surface area contributed by atoms with Gasteiger partial charge in [-0.2, -0.15) is 0 Å². The Kier molecular flexibility index (Phi) is 42.7. The van der Waals surface area contributed by atoms with Crippen LogP contribution >= 0.6 is 24.4 Å². The molecule has 0 atom stereocenters. The molecule has 16 heteroatoms. The van der Waals surface area contributed by atoms with Gasteiger partial charge in [-0.1, -0.05) is 37.3 Å². The Morgan fingerprint density at radius 1 is 0.500 bits per heavy atom. The predicted molar refractivity (Wildman–Crippen MR) is 154 cm³/mol. The Balaban J connectivity index is -0.000000289. The van der Waals surface area contributed by atoms with Gasteiger partial charge in [-0.25, -0.2) is 0 Å². The zero-order chi connectivity index (χ0) is 27.6. The maximum atomic E-state index is 10.3. The molecule has 6 N–H and O–H groups in total. The molecule has 38 heavy (non-hydrogen) atoms. The number of rotatable bonds is 20. The van der Waals surface area contributed by atoms with Gasteiger partial charge in [-0.05, 0) is 47.2 Å². The number of hydrogen-bond donors (Lipinski definition) is 6. The van der Waals surface area contributed by atoms with Crippen LogP contribution in [0.2, 0.25) is 0 Å². The second-order valence-electron chi connectivity index (χ2n) is 7.63. The predicted octanol–water partition coefficient (Wildman–Crippen LogP) is -3.62. The van der Waals surface area contributed by atoms with E-state index in [0.29, 0.717) is 38.8 Å². The molecule has 0 aromatic rings. The number of nitrogens with one attached hydrogen (secondary N) is 2. The summed E-state index contributed by atoms with van der Waals surface area (Å²) in [6, 6.07) is 0. The molecule has 0 heterocycles. The monoisotopic (exact) mass is 666 g/mol. The number of aliphatic carboxylic acids is 4. The Bertz CT molecular complexity index is 584. The Morgan fingerprint density at radius 2 is 0.763 bits per heavy atom. The minimum absolute atomic E-state index is 0. The molecular weight excluding hydrogens is 627 g/mol. The van der Waals surface area contributed by atoms with Crippen LogP contribution in [0.3, 0.4) is 0 Å². The van der Waals surface area contributed by atoms with E-state index in [2.05, 4.69) is 10.6 Å². The van der Waals surface area contributed by atoms with Crippen molar-refractivity contribution in [2.24, 2.45) is 0 Å². The Hall–Kier alpha value is 1.63. The van der Waals surface area contributed by atoms with Crippen LogP contribution in [0.25, 0.3) is 0 Å². The number of carboxylic acids is 4. The molecule has 0 saturated heterocycles. The maximum Gasteiger partial charge on any atom is 1.00 e. The van der Waals surface area contributed by atoms with Crippen molar-refractivity contribution in [3.05, 3.63) is 0 Å². The van der Waals surface area contributed by atoms with Crippen molar-refractivity contribution in [2.75, 3.05) is 24.6 Å². The van der Waals surface area contributed by atoms with Crippen molar-refractivity contribution in [2.45, 2.75) is 77.0 Å². The summed E-state index contributed by atoms with van der Waals surface area (Å²) in [5.74, 6) is -1.32. The van der Waals surface area contributed by atoms with E-state index in [4.69, 9.17) is 44.9 Å². The van der Waals surface area contributed by atoms with Crippen LogP contribution in [-0.2, 0) is 42.7 Å². The van der Waals surface area contributed by atoms with E-state index < -0.39 is 23.9 Å². The number of thiol groups is 2. The van der Waals surface area contributed by atoms with E-state index in [1.165, 1.54) is 0 Å². The van der Waals surface area contributed by atoms with Crippen molar-refractivity contribution in [1.29, 1.82) is 0 Å². The maximum absolute atomic E-state index is 10.3. The molecule has 0 fully saturated rings. The molecule has 0 aliphatic heterocycles. The Morgan fingerprint density at radius 3 is 1.03 bits per heavy atom. The molecule has 212 valence electrons. The van der Waals surface area contributed by atoms with E-state index in [-0.39, 0.29) is 128 Å².